The average Bonchev–Trinajstić information content (AvgIpc) is 3.18. The van der Waals surface area contributed by atoms with Crippen LogP contribution >= 0.6 is 0 Å². The van der Waals surface area contributed by atoms with Crippen LogP contribution < -0.4 is 0 Å². The number of nitrogens with zero attached hydrogens (tertiary/aromatic N) is 5. The lowest BCUT2D eigenvalue weighted by molar-refractivity contribution is -0.137. The summed E-state index contributed by atoms with van der Waals surface area (Å²) in [4.78, 5) is 15.6. The summed E-state index contributed by atoms with van der Waals surface area (Å²) >= 11 is 0. The molecular formula is C15H17N5O3. The summed E-state index contributed by atoms with van der Waals surface area (Å²) in [5, 5.41) is 17.8. The first kappa shape index (κ1) is 15.0. The fraction of sp³-hybridized carbons (Fsp3) is 0.333. The number of carboxylic acids is 1. The van der Waals surface area contributed by atoms with Crippen molar-refractivity contribution >= 4 is 5.97 Å². The molecule has 0 saturated heterocycles. The number of aliphatic carboxylic acids is 1. The van der Waals surface area contributed by atoms with E-state index >= 15 is 0 Å². The van der Waals surface area contributed by atoms with E-state index in [-0.39, 0.29) is 6.54 Å². The summed E-state index contributed by atoms with van der Waals surface area (Å²) in [5.41, 5.74) is 1.66. The summed E-state index contributed by atoms with van der Waals surface area (Å²) in [7, 11) is 1.81. The molecular weight excluding hydrogens is 298 g/mol. The number of rotatable bonds is 6. The lowest BCUT2D eigenvalue weighted by atomic mass is 10.2. The zero-order chi connectivity index (χ0) is 16.4. The first-order valence-electron chi connectivity index (χ1n) is 7.32. The molecule has 0 aliphatic carbocycles. The molecule has 120 valence electrons. The molecule has 0 spiro atoms. The molecule has 0 fully saturated rings. The molecule has 0 bridgehead atoms. The Bertz CT molecular complexity index is 816. The van der Waals surface area contributed by atoms with E-state index in [2.05, 4.69) is 22.1 Å². The quantitative estimate of drug-likeness (QED) is 0.746. The van der Waals surface area contributed by atoms with Gasteiger partial charge in [-0.05, 0) is 24.6 Å². The number of hydrogen-bond donors (Lipinski definition) is 1. The highest BCUT2D eigenvalue weighted by molar-refractivity contribution is 5.68. The van der Waals surface area contributed by atoms with Crippen molar-refractivity contribution < 1.29 is 14.3 Å². The summed E-state index contributed by atoms with van der Waals surface area (Å²) in [5.74, 6) is 0.310. The van der Waals surface area contributed by atoms with Gasteiger partial charge in [-0.3, -0.25) is 9.48 Å². The van der Waals surface area contributed by atoms with Crippen LogP contribution in [0.4, 0.5) is 0 Å². The predicted molar refractivity (Wildman–Crippen MR) is 81.6 cm³/mol. The van der Waals surface area contributed by atoms with Gasteiger partial charge in [0.05, 0.1) is 12.0 Å². The summed E-state index contributed by atoms with van der Waals surface area (Å²) in [6.45, 7) is 1.80. The van der Waals surface area contributed by atoms with Gasteiger partial charge in [0, 0.05) is 7.05 Å². The molecule has 0 aromatic carbocycles. The molecule has 3 rings (SSSR count). The van der Waals surface area contributed by atoms with Crippen LogP contribution in [-0.2, 0) is 24.8 Å². The van der Waals surface area contributed by atoms with Gasteiger partial charge in [-0.2, -0.15) is 5.10 Å². The summed E-state index contributed by atoms with van der Waals surface area (Å²) in [6, 6.07) is 5.38. The van der Waals surface area contributed by atoms with Crippen molar-refractivity contribution in [2.75, 3.05) is 0 Å². The van der Waals surface area contributed by atoms with Gasteiger partial charge in [0.1, 0.15) is 12.2 Å². The molecule has 0 aliphatic heterocycles. The summed E-state index contributed by atoms with van der Waals surface area (Å²) < 4.78 is 8.34. The van der Waals surface area contributed by atoms with Crippen molar-refractivity contribution in [1.29, 1.82) is 0 Å². The SMILES string of the molecule is CCCc1cc(-c2nc(-c3ccco3)nn2CC(=O)O)n(C)n1. The van der Waals surface area contributed by atoms with Crippen molar-refractivity contribution in [2.24, 2.45) is 7.05 Å². The van der Waals surface area contributed by atoms with Crippen LogP contribution in [0.1, 0.15) is 19.0 Å². The maximum Gasteiger partial charge on any atom is 0.325 e. The second-order valence-corrected chi connectivity index (χ2v) is 5.18. The normalized spacial score (nSPS) is 11.0. The van der Waals surface area contributed by atoms with Gasteiger partial charge in [-0.1, -0.05) is 13.3 Å². The number of furan rings is 1. The minimum atomic E-state index is -0.988. The van der Waals surface area contributed by atoms with Crippen LogP contribution in [0.15, 0.2) is 28.9 Å². The number of aryl methyl sites for hydroxylation is 2. The van der Waals surface area contributed by atoms with Gasteiger partial charge in [0.15, 0.2) is 11.6 Å². The van der Waals surface area contributed by atoms with Crippen molar-refractivity contribution in [3.8, 4) is 23.1 Å². The maximum absolute atomic E-state index is 11.1. The molecule has 8 nitrogen and oxygen atoms in total. The van der Waals surface area contributed by atoms with E-state index in [4.69, 9.17) is 9.52 Å². The van der Waals surface area contributed by atoms with Crippen LogP contribution in [0.3, 0.4) is 0 Å². The van der Waals surface area contributed by atoms with Gasteiger partial charge in [-0.15, -0.1) is 5.10 Å². The molecule has 8 heteroatoms. The maximum atomic E-state index is 11.1. The molecule has 0 radical (unpaired) electrons. The summed E-state index contributed by atoms with van der Waals surface area (Å²) in [6.07, 6.45) is 3.36. The first-order chi connectivity index (χ1) is 11.1. The second-order valence-electron chi connectivity index (χ2n) is 5.18. The van der Waals surface area contributed by atoms with Gasteiger partial charge in [0.25, 0.3) is 0 Å². The third-order valence-electron chi connectivity index (χ3n) is 3.36. The predicted octanol–water partition coefficient (Wildman–Crippen LogP) is 1.98. The Balaban J connectivity index is 2.07. The Labute approximate surface area is 132 Å². The van der Waals surface area contributed by atoms with Crippen LogP contribution in [0.2, 0.25) is 0 Å². The standard InChI is InChI=1S/C15H17N5O3/c1-3-5-10-8-11(19(2)17-10)15-16-14(12-6-4-7-23-12)18-20(15)9-13(21)22/h4,6-8H,3,5,9H2,1-2H3,(H,21,22). The Morgan fingerprint density at radius 3 is 2.87 bits per heavy atom. The first-order valence-corrected chi connectivity index (χ1v) is 7.32. The largest absolute Gasteiger partial charge is 0.480 e. The highest BCUT2D eigenvalue weighted by Gasteiger charge is 2.20. The Kier molecular flexibility index (Phi) is 3.96. The minimum absolute atomic E-state index is 0.280. The van der Waals surface area contributed by atoms with E-state index in [9.17, 15) is 4.79 Å². The number of aromatic nitrogens is 5. The molecule has 1 N–H and O–H groups in total. The zero-order valence-corrected chi connectivity index (χ0v) is 12.9. The van der Waals surface area contributed by atoms with Crippen molar-refractivity contribution in [2.45, 2.75) is 26.3 Å². The van der Waals surface area contributed by atoms with Gasteiger partial charge in [-0.25, -0.2) is 9.67 Å². The molecule has 3 heterocycles. The molecule has 3 aromatic heterocycles. The lowest BCUT2D eigenvalue weighted by Crippen LogP contribution is -2.12. The third-order valence-corrected chi connectivity index (χ3v) is 3.36. The van der Waals surface area contributed by atoms with Crippen molar-refractivity contribution in [3.63, 3.8) is 0 Å². The highest BCUT2D eigenvalue weighted by Crippen LogP contribution is 2.23. The van der Waals surface area contributed by atoms with E-state index in [0.29, 0.717) is 17.4 Å². The van der Waals surface area contributed by atoms with Crippen LogP contribution in [0.5, 0.6) is 0 Å². The number of carboxylic acid groups (broad SMARTS) is 1. The molecule has 0 amide bonds. The van der Waals surface area contributed by atoms with E-state index in [0.717, 1.165) is 24.2 Å². The second kappa shape index (κ2) is 6.07. The van der Waals surface area contributed by atoms with Gasteiger partial charge in [0.2, 0.25) is 5.82 Å². The van der Waals surface area contributed by atoms with Crippen LogP contribution in [-0.4, -0.2) is 35.6 Å². The molecule has 0 atom stereocenters. The van der Waals surface area contributed by atoms with Gasteiger partial charge < -0.3 is 9.52 Å². The van der Waals surface area contributed by atoms with Crippen molar-refractivity contribution in [1.82, 2.24) is 24.5 Å². The van der Waals surface area contributed by atoms with E-state index in [1.807, 2.05) is 6.07 Å². The van der Waals surface area contributed by atoms with Gasteiger partial charge >= 0.3 is 5.97 Å². The Hall–Kier alpha value is -2.90. The van der Waals surface area contributed by atoms with Crippen LogP contribution in [0, 0.1) is 0 Å². The zero-order valence-electron chi connectivity index (χ0n) is 12.9. The topological polar surface area (TPSA) is 99.0 Å². The molecule has 23 heavy (non-hydrogen) atoms. The minimum Gasteiger partial charge on any atom is -0.480 e. The third kappa shape index (κ3) is 3.01. The highest BCUT2D eigenvalue weighted by atomic mass is 16.4. The van der Waals surface area contributed by atoms with E-state index in [1.165, 1.54) is 10.9 Å². The fourth-order valence-electron chi connectivity index (χ4n) is 2.39. The van der Waals surface area contributed by atoms with Crippen molar-refractivity contribution in [3.05, 3.63) is 30.2 Å². The van der Waals surface area contributed by atoms with E-state index < -0.39 is 5.97 Å². The molecule has 0 unspecified atom stereocenters. The van der Waals surface area contributed by atoms with E-state index in [1.54, 1.807) is 23.9 Å². The number of hydrogen-bond acceptors (Lipinski definition) is 5. The average molecular weight is 315 g/mol. The molecule has 3 aromatic rings. The monoisotopic (exact) mass is 315 g/mol. The Morgan fingerprint density at radius 2 is 2.22 bits per heavy atom. The smallest absolute Gasteiger partial charge is 0.325 e. The van der Waals surface area contributed by atoms with Crippen LogP contribution in [0.25, 0.3) is 23.1 Å². The lowest BCUT2D eigenvalue weighted by Gasteiger charge is -2.02. The fourth-order valence-corrected chi connectivity index (χ4v) is 2.39. The Morgan fingerprint density at radius 1 is 1.39 bits per heavy atom. The molecule has 0 aliphatic rings. The molecule has 0 saturated carbocycles. The number of carbonyl (C=O) groups is 1.